The molecule has 0 spiro atoms. The first-order valence-corrected chi connectivity index (χ1v) is 7.42. The molecule has 2 atom stereocenters. The zero-order chi connectivity index (χ0) is 18.1. The lowest BCUT2D eigenvalue weighted by Crippen LogP contribution is -2.43. The number of hydrogen-bond donors (Lipinski definition) is 0. The monoisotopic (exact) mass is 345 g/mol. The standard InChI is InChI=1S/C15H18F3N3O3/c1-10(11-4-3-5-12(8-11)21(23)24)19(2)13-6-7-20(14(13)22)9-15(16,17)18/h3-5,8,10,13H,6-7,9H2,1-2H3/t10-,13+/m0/s1. The molecular formula is C15H18F3N3O3. The van der Waals surface area contributed by atoms with Crippen molar-refractivity contribution in [1.82, 2.24) is 9.80 Å². The molecule has 2 rings (SSSR count). The zero-order valence-corrected chi connectivity index (χ0v) is 13.3. The molecule has 1 aliphatic heterocycles. The lowest BCUT2D eigenvalue weighted by Gasteiger charge is -2.30. The molecule has 1 aliphatic rings. The third-order valence-corrected chi connectivity index (χ3v) is 4.31. The highest BCUT2D eigenvalue weighted by Gasteiger charge is 2.41. The molecule has 0 aliphatic carbocycles. The number of amides is 1. The Balaban J connectivity index is 2.11. The van der Waals surface area contributed by atoms with Crippen LogP contribution in [-0.4, -0.2) is 53.0 Å². The van der Waals surface area contributed by atoms with Crippen molar-refractivity contribution in [2.24, 2.45) is 0 Å². The molecule has 0 N–H and O–H groups in total. The summed E-state index contributed by atoms with van der Waals surface area (Å²) in [5.41, 5.74) is 0.568. The fourth-order valence-corrected chi connectivity index (χ4v) is 2.88. The predicted molar refractivity (Wildman–Crippen MR) is 80.3 cm³/mol. The number of non-ortho nitro benzene ring substituents is 1. The number of likely N-dealkylation sites (tertiary alicyclic amines) is 1. The predicted octanol–water partition coefficient (Wildman–Crippen LogP) is 2.75. The van der Waals surface area contributed by atoms with Crippen LogP contribution in [0, 0.1) is 10.1 Å². The van der Waals surface area contributed by atoms with Crippen LogP contribution in [0.5, 0.6) is 0 Å². The van der Waals surface area contributed by atoms with Gasteiger partial charge in [0.15, 0.2) is 0 Å². The van der Waals surface area contributed by atoms with Crippen molar-refractivity contribution in [3.05, 3.63) is 39.9 Å². The highest BCUT2D eigenvalue weighted by Crippen LogP contribution is 2.29. The Bertz CT molecular complexity index is 636. The van der Waals surface area contributed by atoms with Crippen LogP contribution in [0.3, 0.4) is 0 Å². The van der Waals surface area contributed by atoms with Crippen LogP contribution in [0.15, 0.2) is 24.3 Å². The lowest BCUT2D eigenvalue weighted by atomic mass is 10.0. The highest BCUT2D eigenvalue weighted by molar-refractivity contribution is 5.84. The first-order valence-electron chi connectivity index (χ1n) is 7.42. The van der Waals surface area contributed by atoms with Gasteiger partial charge in [0.1, 0.15) is 6.54 Å². The van der Waals surface area contributed by atoms with E-state index < -0.39 is 29.6 Å². The molecule has 1 fully saturated rings. The van der Waals surface area contributed by atoms with Gasteiger partial charge in [-0.15, -0.1) is 0 Å². The Morgan fingerprint density at radius 1 is 1.46 bits per heavy atom. The molecule has 1 aromatic rings. The van der Waals surface area contributed by atoms with Crippen molar-refractivity contribution in [2.75, 3.05) is 20.1 Å². The van der Waals surface area contributed by atoms with E-state index in [0.717, 1.165) is 4.90 Å². The number of nitro groups is 1. The minimum atomic E-state index is -4.42. The Morgan fingerprint density at radius 3 is 2.71 bits per heavy atom. The molecule has 1 saturated heterocycles. The van der Waals surface area contributed by atoms with Gasteiger partial charge in [0.25, 0.3) is 5.69 Å². The minimum absolute atomic E-state index is 0.0506. The van der Waals surface area contributed by atoms with Crippen LogP contribution >= 0.6 is 0 Å². The maximum Gasteiger partial charge on any atom is 0.406 e. The van der Waals surface area contributed by atoms with Crippen LogP contribution < -0.4 is 0 Å². The maximum absolute atomic E-state index is 12.5. The van der Waals surface area contributed by atoms with E-state index in [2.05, 4.69) is 0 Å². The number of alkyl halides is 3. The summed E-state index contributed by atoms with van der Waals surface area (Å²) in [5.74, 6) is -0.563. The fourth-order valence-electron chi connectivity index (χ4n) is 2.88. The average Bonchev–Trinajstić information content (AvgIpc) is 2.85. The number of carbonyl (C=O) groups is 1. The molecule has 0 bridgehead atoms. The van der Waals surface area contributed by atoms with E-state index in [1.54, 1.807) is 31.0 Å². The normalized spacial score (nSPS) is 19.8. The van der Waals surface area contributed by atoms with Crippen molar-refractivity contribution in [2.45, 2.75) is 31.6 Å². The molecule has 9 heteroatoms. The Labute approximate surface area is 137 Å². The molecule has 0 unspecified atom stereocenters. The molecule has 1 amide bonds. The van der Waals surface area contributed by atoms with Gasteiger partial charge in [-0.1, -0.05) is 12.1 Å². The van der Waals surface area contributed by atoms with Gasteiger partial charge >= 0.3 is 6.18 Å². The van der Waals surface area contributed by atoms with Crippen molar-refractivity contribution in [3.63, 3.8) is 0 Å². The molecular weight excluding hydrogens is 327 g/mol. The Morgan fingerprint density at radius 2 is 2.12 bits per heavy atom. The molecule has 132 valence electrons. The van der Waals surface area contributed by atoms with Crippen molar-refractivity contribution in [1.29, 1.82) is 0 Å². The van der Waals surface area contributed by atoms with Gasteiger partial charge in [0.2, 0.25) is 5.91 Å². The molecule has 0 saturated carbocycles. The molecule has 6 nitrogen and oxygen atoms in total. The summed E-state index contributed by atoms with van der Waals surface area (Å²) in [6, 6.07) is 5.01. The highest BCUT2D eigenvalue weighted by atomic mass is 19.4. The summed E-state index contributed by atoms with van der Waals surface area (Å²) in [6.45, 7) is 0.565. The van der Waals surface area contributed by atoms with Gasteiger partial charge in [-0.2, -0.15) is 13.2 Å². The molecule has 1 heterocycles. The summed E-state index contributed by atoms with van der Waals surface area (Å²) >= 11 is 0. The molecule has 0 radical (unpaired) electrons. The second-order valence-electron chi connectivity index (χ2n) is 5.87. The van der Waals surface area contributed by atoms with Gasteiger partial charge < -0.3 is 4.90 Å². The van der Waals surface area contributed by atoms with E-state index in [9.17, 15) is 28.1 Å². The number of nitro benzene ring substituents is 1. The maximum atomic E-state index is 12.5. The van der Waals surface area contributed by atoms with E-state index in [1.165, 1.54) is 12.1 Å². The number of carbonyl (C=O) groups excluding carboxylic acids is 1. The van der Waals surface area contributed by atoms with Gasteiger partial charge in [0, 0.05) is 24.7 Å². The summed E-state index contributed by atoms with van der Waals surface area (Å²) in [7, 11) is 1.64. The fraction of sp³-hybridized carbons (Fsp3) is 0.533. The number of rotatable bonds is 5. The zero-order valence-electron chi connectivity index (χ0n) is 13.3. The van der Waals surface area contributed by atoms with E-state index in [-0.39, 0.29) is 18.3 Å². The minimum Gasteiger partial charge on any atom is -0.332 e. The summed E-state index contributed by atoms with van der Waals surface area (Å²) < 4.78 is 37.4. The van der Waals surface area contributed by atoms with Crippen LogP contribution in [0.1, 0.15) is 24.9 Å². The Kier molecular flexibility index (Phi) is 5.12. The number of benzene rings is 1. The van der Waals surface area contributed by atoms with Gasteiger partial charge in [0.05, 0.1) is 11.0 Å². The van der Waals surface area contributed by atoms with Gasteiger partial charge in [-0.25, -0.2) is 0 Å². The molecule has 24 heavy (non-hydrogen) atoms. The van der Waals surface area contributed by atoms with Crippen LogP contribution in [0.2, 0.25) is 0 Å². The number of halogens is 3. The quantitative estimate of drug-likeness (QED) is 0.608. The third kappa shape index (κ3) is 4.02. The summed E-state index contributed by atoms with van der Waals surface area (Å²) in [5, 5.41) is 10.9. The van der Waals surface area contributed by atoms with E-state index in [4.69, 9.17) is 0 Å². The van der Waals surface area contributed by atoms with E-state index in [0.29, 0.717) is 12.0 Å². The van der Waals surface area contributed by atoms with Crippen LogP contribution in [-0.2, 0) is 4.79 Å². The number of nitrogens with zero attached hydrogens (tertiary/aromatic N) is 3. The topological polar surface area (TPSA) is 66.7 Å². The molecule has 0 aromatic heterocycles. The number of hydrogen-bond acceptors (Lipinski definition) is 4. The van der Waals surface area contributed by atoms with Crippen molar-refractivity contribution in [3.8, 4) is 0 Å². The lowest BCUT2D eigenvalue weighted by molar-refractivity contribution is -0.384. The SMILES string of the molecule is C[C@@H](c1cccc([N+](=O)[O-])c1)N(C)[C@@H]1CCN(CC(F)(F)F)C1=O. The first kappa shape index (κ1) is 18.2. The third-order valence-electron chi connectivity index (χ3n) is 4.31. The van der Waals surface area contributed by atoms with Crippen molar-refractivity contribution < 1.29 is 22.9 Å². The van der Waals surface area contributed by atoms with E-state index >= 15 is 0 Å². The summed E-state index contributed by atoms with van der Waals surface area (Å²) in [4.78, 5) is 25.0. The molecule has 1 aromatic carbocycles. The van der Waals surface area contributed by atoms with Gasteiger partial charge in [-0.05, 0) is 26.0 Å². The Hall–Kier alpha value is -2.16. The smallest absolute Gasteiger partial charge is 0.332 e. The van der Waals surface area contributed by atoms with Crippen LogP contribution in [0.4, 0.5) is 18.9 Å². The average molecular weight is 345 g/mol. The van der Waals surface area contributed by atoms with Crippen molar-refractivity contribution >= 4 is 11.6 Å². The summed E-state index contributed by atoms with van der Waals surface area (Å²) in [6.07, 6.45) is -4.13. The second-order valence-corrected chi connectivity index (χ2v) is 5.87. The number of likely N-dealkylation sites (N-methyl/N-ethyl adjacent to an activating group) is 1. The van der Waals surface area contributed by atoms with Crippen LogP contribution in [0.25, 0.3) is 0 Å². The van der Waals surface area contributed by atoms with E-state index in [1.807, 2.05) is 0 Å². The second kappa shape index (κ2) is 6.76. The first-order chi connectivity index (χ1) is 11.1. The van der Waals surface area contributed by atoms with Gasteiger partial charge in [-0.3, -0.25) is 19.8 Å². The largest absolute Gasteiger partial charge is 0.406 e.